The smallest absolute Gasteiger partial charge is 0.352 e. The Morgan fingerprint density at radius 1 is 1.05 bits per heavy atom. The zero-order valence-corrected chi connectivity index (χ0v) is 24.9. The van der Waals surface area contributed by atoms with Crippen LogP contribution < -0.4 is 9.62 Å². The Morgan fingerprint density at radius 3 is 2.25 bits per heavy atom. The Morgan fingerprint density at radius 2 is 1.70 bits per heavy atom. The van der Waals surface area contributed by atoms with E-state index in [1.165, 1.54) is 11.0 Å². The van der Waals surface area contributed by atoms with Crippen LogP contribution in [0.5, 0.6) is 0 Å². The molecule has 0 radical (unpaired) electrons. The number of sulfonamides is 1. The Balaban J connectivity index is 2.02. The first-order chi connectivity index (χ1) is 18.6. The van der Waals surface area contributed by atoms with Crippen molar-refractivity contribution in [3.63, 3.8) is 0 Å². The summed E-state index contributed by atoms with van der Waals surface area (Å²) in [5.41, 5.74) is -1.21. The highest BCUT2D eigenvalue weighted by molar-refractivity contribution is 7.92. The summed E-state index contributed by atoms with van der Waals surface area (Å²) in [5.74, 6) is -1.26. The topological polar surface area (TPSA) is 86.8 Å². The third-order valence-corrected chi connectivity index (χ3v) is 8.70. The van der Waals surface area contributed by atoms with E-state index in [0.29, 0.717) is 27.0 Å². The SMILES string of the molecule is CC[C@H](C(=O)NC1CCCC1)N(Cc1ccc(Cl)cc1Cl)C(=O)CN(c1cc(C(F)(F)F)ccc1Cl)S(C)(=O)=O. The highest BCUT2D eigenvalue weighted by Gasteiger charge is 2.36. The van der Waals surface area contributed by atoms with Gasteiger partial charge >= 0.3 is 6.18 Å². The molecular formula is C26H29Cl3F3N3O4S. The van der Waals surface area contributed by atoms with Crippen LogP contribution in [0.2, 0.25) is 15.1 Å². The Bertz CT molecular complexity index is 1350. The van der Waals surface area contributed by atoms with Crippen molar-refractivity contribution < 1.29 is 31.2 Å². The molecule has 220 valence electrons. The van der Waals surface area contributed by atoms with Crippen LogP contribution in [0.25, 0.3) is 0 Å². The van der Waals surface area contributed by atoms with Gasteiger partial charge in [0.2, 0.25) is 21.8 Å². The van der Waals surface area contributed by atoms with Crippen LogP contribution in [0, 0.1) is 0 Å². The summed E-state index contributed by atoms with van der Waals surface area (Å²) in [6.07, 6.45) is -0.322. The first-order valence-electron chi connectivity index (χ1n) is 12.5. The summed E-state index contributed by atoms with van der Waals surface area (Å²) in [5, 5.41) is 3.22. The van der Waals surface area contributed by atoms with Crippen molar-refractivity contribution in [1.82, 2.24) is 10.2 Å². The van der Waals surface area contributed by atoms with Crippen LogP contribution in [0.1, 0.15) is 50.2 Å². The molecule has 3 rings (SSSR count). The average molecular weight is 643 g/mol. The number of alkyl halides is 3. The number of halogens is 6. The van der Waals surface area contributed by atoms with Gasteiger partial charge in [0, 0.05) is 22.6 Å². The van der Waals surface area contributed by atoms with Crippen molar-refractivity contribution in [3.05, 3.63) is 62.6 Å². The molecule has 0 bridgehead atoms. The molecule has 1 atom stereocenters. The standard InChI is InChI=1S/C26H29Cl3F3N3O4S/c1-3-22(25(37)33-19-6-4-5-7-19)34(14-16-8-10-18(27)13-21(16)29)24(36)15-35(40(2,38)39)23-12-17(26(30,31)32)9-11-20(23)28/h8-13,19,22H,3-7,14-15H2,1-2H3,(H,33,37)/t22-/m1/s1. The fourth-order valence-corrected chi connectivity index (χ4v) is 6.19. The second-order valence-electron chi connectivity index (χ2n) is 9.60. The number of carbonyl (C=O) groups excluding carboxylic acids is 2. The first-order valence-corrected chi connectivity index (χ1v) is 15.5. The number of amides is 2. The average Bonchev–Trinajstić information content (AvgIpc) is 3.35. The zero-order valence-electron chi connectivity index (χ0n) is 21.8. The van der Waals surface area contributed by atoms with E-state index in [0.717, 1.165) is 38.0 Å². The molecule has 0 aromatic heterocycles. The van der Waals surface area contributed by atoms with Crippen molar-refractivity contribution in [1.29, 1.82) is 0 Å². The molecule has 2 aromatic carbocycles. The number of anilines is 1. The molecule has 0 aliphatic heterocycles. The largest absolute Gasteiger partial charge is 0.416 e. The van der Waals surface area contributed by atoms with E-state index in [1.54, 1.807) is 19.1 Å². The molecule has 14 heteroatoms. The molecule has 0 saturated heterocycles. The molecule has 0 heterocycles. The van der Waals surface area contributed by atoms with Crippen LogP contribution in [0.4, 0.5) is 18.9 Å². The van der Waals surface area contributed by atoms with Gasteiger partial charge in [-0.25, -0.2) is 8.42 Å². The molecule has 2 amide bonds. The molecule has 2 aromatic rings. The number of carbonyl (C=O) groups is 2. The van der Waals surface area contributed by atoms with Gasteiger partial charge in [0.15, 0.2) is 0 Å². The third-order valence-electron chi connectivity index (χ3n) is 6.66. The monoisotopic (exact) mass is 641 g/mol. The van der Waals surface area contributed by atoms with Crippen molar-refractivity contribution in [2.45, 2.75) is 63.8 Å². The summed E-state index contributed by atoms with van der Waals surface area (Å²) in [4.78, 5) is 28.3. The maximum atomic E-state index is 13.8. The van der Waals surface area contributed by atoms with E-state index in [1.807, 2.05) is 0 Å². The summed E-state index contributed by atoms with van der Waals surface area (Å²) >= 11 is 18.5. The van der Waals surface area contributed by atoms with Crippen molar-refractivity contribution in [2.24, 2.45) is 0 Å². The summed E-state index contributed by atoms with van der Waals surface area (Å²) in [7, 11) is -4.30. The van der Waals surface area contributed by atoms with Gasteiger partial charge in [-0.05, 0) is 55.2 Å². The number of hydrogen-bond acceptors (Lipinski definition) is 4. The molecular weight excluding hydrogens is 614 g/mol. The molecule has 1 aliphatic rings. The summed E-state index contributed by atoms with van der Waals surface area (Å²) in [6.45, 7) is 0.609. The number of rotatable bonds is 10. The van der Waals surface area contributed by atoms with E-state index in [9.17, 15) is 31.2 Å². The fraction of sp³-hybridized carbons (Fsp3) is 0.462. The highest BCUT2D eigenvalue weighted by atomic mass is 35.5. The molecule has 40 heavy (non-hydrogen) atoms. The molecule has 1 saturated carbocycles. The Labute approximate surface area is 246 Å². The number of hydrogen-bond donors (Lipinski definition) is 1. The van der Waals surface area contributed by atoms with Crippen molar-refractivity contribution >= 4 is 62.3 Å². The van der Waals surface area contributed by atoms with E-state index < -0.39 is 51.9 Å². The van der Waals surface area contributed by atoms with Gasteiger partial charge in [-0.3, -0.25) is 13.9 Å². The van der Waals surface area contributed by atoms with E-state index in [-0.39, 0.29) is 29.1 Å². The molecule has 1 aliphatic carbocycles. The number of benzene rings is 2. The van der Waals surface area contributed by atoms with Crippen LogP contribution in [-0.4, -0.2) is 50.0 Å². The highest BCUT2D eigenvalue weighted by Crippen LogP contribution is 2.36. The van der Waals surface area contributed by atoms with Crippen LogP contribution >= 0.6 is 34.8 Å². The Kier molecular flexibility index (Phi) is 10.6. The van der Waals surface area contributed by atoms with Gasteiger partial charge in [-0.15, -0.1) is 0 Å². The lowest BCUT2D eigenvalue weighted by atomic mass is 10.1. The molecule has 7 nitrogen and oxygen atoms in total. The number of nitrogens with zero attached hydrogens (tertiary/aromatic N) is 2. The third kappa shape index (κ3) is 8.18. The lowest BCUT2D eigenvalue weighted by Gasteiger charge is -2.34. The zero-order chi connectivity index (χ0) is 29.8. The van der Waals surface area contributed by atoms with Crippen LogP contribution in [0.3, 0.4) is 0 Å². The minimum absolute atomic E-state index is 0.0472. The molecule has 1 N–H and O–H groups in total. The number of nitrogens with one attached hydrogen (secondary N) is 1. The lowest BCUT2D eigenvalue weighted by Crippen LogP contribution is -2.53. The van der Waals surface area contributed by atoms with Gasteiger partial charge in [-0.2, -0.15) is 13.2 Å². The van der Waals surface area contributed by atoms with Gasteiger partial charge in [0.1, 0.15) is 12.6 Å². The van der Waals surface area contributed by atoms with E-state index >= 15 is 0 Å². The fourth-order valence-electron chi connectivity index (χ4n) is 4.60. The first kappa shape index (κ1) is 32.3. The van der Waals surface area contributed by atoms with Crippen LogP contribution in [0.15, 0.2) is 36.4 Å². The van der Waals surface area contributed by atoms with Gasteiger partial charge < -0.3 is 10.2 Å². The summed E-state index contributed by atoms with van der Waals surface area (Å²) in [6, 6.07) is 5.72. The van der Waals surface area contributed by atoms with E-state index in [2.05, 4.69) is 5.32 Å². The summed E-state index contributed by atoms with van der Waals surface area (Å²) < 4.78 is 66.3. The second-order valence-corrected chi connectivity index (χ2v) is 12.8. The minimum Gasteiger partial charge on any atom is -0.352 e. The van der Waals surface area contributed by atoms with Crippen molar-refractivity contribution in [2.75, 3.05) is 17.1 Å². The van der Waals surface area contributed by atoms with Crippen LogP contribution in [-0.2, 0) is 32.3 Å². The quantitative estimate of drug-likeness (QED) is 0.330. The maximum absolute atomic E-state index is 13.8. The predicted octanol–water partition coefficient (Wildman–Crippen LogP) is 6.30. The second kappa shape index (κ2) is 13.2. The molecule has 0 spiro atoms. The van der Waals surface area contributed by atoms with E-state index in [4.69, 9.17) is 34.8 Å². The molecule has 1 fully saturated rings. The van der Waals surface area contributed by atoms with Gasteiger partial charge in [0.25, 0.3) is 0 Å². The van der Waals surface area contributed by atoms with Gasteiger partial charge in [-0.1, -0.05) is 60.6 Å². The van der Waals surface area contributed by atoms with Crippen molar-refractivity contribution in [3.8, 4) is 0 Å². The van der Waals surface area contributed by atoms with Gasteiger partial charge in [0.05, 0.1) is 22.5 Å². The Hall–Kier alpha value is -2.21. The lowest BCUT2D eigenvalue weighted by molar-refractivity contribution is -0.140. The predicted molar refractivity (Wildman–Crippen MR) is 150 cm³/mol. The minimum atomic E-state index is -4.78. The molecule has 0 unspecified atom stereocenters. The maximum Gasteiger partial charge on any atom is 0.416 e. The normalized spacial score (nSPS) is 15.1.